The fourth-order valence-electron chi connectivity index (χ4n) is 4.18. The van der Waals surface area contributed by atoms with Crippen molar-refractivity contribution >= 4 is 5.91 Å². The minimum atomic E-state index is 0.245. The van der Waals surface area contributed by atoms with E-state index in [2.05, 4.69) is 24.6 Å². The number of aromatic nitrogens is 3. The summed E-state index contributed by atoms with van der Waals surface area (Å²) in [6, 6.07) is 0.292. The van der Waals surface area contributed by atoms with Gasteiger partial charge in [0.2, 0.25) is 5.91 Å². The van der Waals surface area contributed by atoms with Crippen molar-refractivity contribution in [3.05, 3.63) is 11.6 Å². The summed E-state index contributed by atoms with van der Waals surface area (Å²) in [5.74, 6) is 2.18. The monoisotopic (exact) mass is 319 g/mol. The number of fused-ring (bicyclic) bond motifs is 2. The van der Waals surface area contributed by atoms with Gasteiger partial charge in [-0.3, -0.25) is 9.69 Å². The van der Waals surface area contributed by atoms with Crippen molar-refractivity contribution in [1.82, 2.24) is 24.6 Å². The summed E-state index contributed by atoms with van der Waals surface area (Å²) in [7, 11) is 0. The molecule has 4 rings (SSSR count). The summed E-state index contributed by atoms with van der Waals surface area (Å²) in [5, 5.41) is 8.35. The zero-order valence-corrected chi connectivity index (χ0v) is 13.8. The Morgan fingerprint density at radius 2 is 2.09 bits per heavy atom. The average Bonchev–Trinajstić information content (AvgIpc) is 2.95. The lowest BCUT2D eigenvalue weighted by Gasteiger charge is -2.44. The molecule has 3 aliphatic rings. The van der Waals surface area contributed by atoms with Crippen LogP contribution in [0.15, 0.2) is 0 Å². The maximum atomic E-state index is 12.8. The van der Waals surface area contributed by atoms with Gasteiger partial charge in [-0.05, 0) is 19.8 Å². The SMILES string of the molecule is Cc1nnc2n1CCN(CC(=O)N1CCO[C@@H]3CCCC[C@H]31)C2. The molecule has 2 atom stereocenters. The van der Waals surface area contributed by atoms with Crippen LogP contribution in [0, 0.1) is 6.92 Å². The molecule has 1 saturated heterocycles. The molecule has 1 saturated carbocycles. The largest absolute Gasteiger partial charge is 0.374 e. The van der Waals surface area contributed by atoms with Crippen LogP contribution in [-0.2, 0) is 22.6 Å². The number of aryl methyl sites for hydroxylation is 1. The van der Waals surface area contributed by atoms with Crippen LogP contribution in [0.5, 0.6) is 0 Å². The second-order valence-corrected chi connectivity index (χ2v) is 6.87. The number of rotatable bonds is 2. The quantitative estimate of drug-likeness (QED) is 0.797. The molecule has 126 valence electrons. The van der Waals surface area contributed by atoms with Crippen molar-refractivity contribution in [2.24, 2.45) is 0 Å². The van der Waals surface area contributed by atoms with Gasteiger partial charge in [-0.25, -0.2) is 0 Å². The third-order valence-electron chi connectivity index (χ3n) is 5.43. The first kappa shape index (κ1) is 15.1. The third kappa shape index (κ3) is 2.87. The highest BCUT2D eigenvalue weighted by Gasteiger charge is 2.37. The van der Waals surface area contributed by atoms with E-state index in [-0.39, 0.29) is 12.0 Å². The van der Waals surface area contributed by atoms with E-state index in [0.717, 1.165) is 44.1 Å². The van der Waals surface area contributed by atoms with Crippen molar-refractivity contribution in [2.75, 3.05) is 26.2 Å². The second-order valence-electron chi connectivity index (χ2n) is 6.87. The van der Waals surface area contributed by atoms with E-state index in [0.29, 0.717) is 25.7 Å². The van der Waals surface area contributed by atoms with Gasteiger partial charge in [0, 0.05) is 19.6 Å². The summed E-state index contributed by atoms with van der Waals surface area (Å²) < 4.78 is 8.02. The molecule has 2 aliphatic heterocycles. The minimum absolute atomic E-state index is 0.245. The first-order valence-corrected chi connectivity index (χ1v) is 8.74. The van der Waals surface area contributed by atoms with E-state index in [1.165, 1.54) is 12.8 Å². The Labute approximate surface area is 136 Å². The standard InChI is InChI=1S/C16H25N5O2/c1-12-17-18-15-10-19(6-7-20(12)15)11-16(22)21-8-9-23-14-5-3-2-4-13(14)21/h13-14H,2-11H2,1H3/t13-,14-/m1/s1. The van der Waals surface area contributed by atoms with Gasteiger partial charge in [-0.1, -0.05) is 12.8 Å². The molecular formula is C16H25N5O2. The fraction of sp³-hybridized carbons (Fsp3) is 0.812. The molecule has 0 radical (unpaired) electrons. The normalized spacial score (nSPS) is 28.3. The number of ether oxygens (including phenoxy) is 1. The lowest BCUT2D eigenvalue weighted by molar-refractivity contribution is -0.151. The Balaban J connectivity index is 1.40. The average molecular weight is 319 g/mol. The third-order valence-corrected chi connectivity index (χ3v) is 5.43. The van der Waals surface area contributed by atoms with Crippen molar-refractivity contribution < 1.29 is 9.53 Å². The number of carbonyl (C=O) groups is 1. The molecule has 1 aromatic heterocycles. The lowest BCUT2D eigenvalue weighted by Crippen LogP contribution is -2.57. The number of amides is 1. The van der Waals surface area contributed by atoms with E-state index < -0.39 is 0 Å². The van der Waals surface area contributed by atoms with Gasteiger partial charge < -0.3 is 14.2 Å². The molecule has 0 N–H and O–H groups in total. The number of carbonyl (C=O) groups excluding carboxylic acids is 1. The Kier molecular flexibility index (Phi) is 4.07. The van der Waals surface area contributed by atoms with Gasteiger partial charge in [-0.15, -0.1) is 10.2 Å². The highest BCUT2D eigenvalue weighted by atomic mass is 16.5. The number of hydrogen-bond acceptors (Lipinski definition) is 5. The summed E-state index contributed by atoms with van der Waals surface area (Å²) in [6.07, 6.45) is 4.88. The van der Waals surface area contributed by atoms with Crippen LogP contribution in [0.2, 0.25) is 0 Å². The smallest absolute Gasteiger partial charge is 0.237 e. The molecule has 0 unspecified atom stereocenters. The van der Waals surface area contributed by atoms with Crippen LogP contribution >= 0.6 is 0 Å². The van der Waals surface area contributed by atoms with Crippen molar-refractivity contribution in [3.8, 4) is 0 Å². The summed E-state index contributed by atoms with van der Waals surface area (Å²) in [5.41, 5.74) is 0. The van der Waals surface area contributed by atoms with Crippen LogP contribution in [0.25, 0.3) is 0 Å². The van der Waals surface area contributed by atoms with Gasteiger partial charge in [0.15, 0.2) is 0 Å². The Morgan fingerprint density at radius 3 is 3.00 bits per heavy atom. The van der Waals surface area contributed by atoms with Crippen LogP contribution in [-0.4, -0.2) is 68.9 Å². The minimum Gasteiger partial charge on any atom is -0.374 e. The second kappa shape index (κ2) is 6.20. The Bertz CT molecular complexity index is 585. The molecule has 0 spiro atoms. The van der Waals surface area contributed by atoms with Crippen LogP contribution in [0.3, 0.4) is 0 Å². The van der Waals surface area contributed by atoms with E-state index in [4.69, 9.17) is 4.74 Å². The Hall–Kier alpha value is -1.47. The van der Waals surface area contributed by atoms with Gasteiger partial charge in [-0.2, -0.15) is 0 Å². The first-order chi connectivity index (χ1) is 11.2. The predicted molar refractivity (Wildman–Crippen MR) is 83.7 cm³/mol. The van der Waals surface area contributed by atoms with Crippen molar-refractivity contribution in [1.29, 1.82) is 0 Å². The molecule has 23 heavy (non-hydrogen) atoms. The van der Waals surface area contributed by atoms with Gasteiger partial charge in [0.1, 0.15) is 11.6 Å². The highest BCUT2D eigenvalue weighted by Crippen LogP contribution is 2.28. The number of nitrogens with zero attached hydrogens (tertiary/aromatic N) is 5. The van der Waals surface area contributed by atoms with Gasteiger partial charge >= 0.3 is 0 Å². The zero-order chi connectivity index (χ0) is 15.8. The van der Waals surface area contributed by atoms with E-state index >= 15 is 0 Å². The molecule has 0 aromatic carbocycles. The highest BCUT2D eigenvalue weighted by molar-refractivity contribution is 5.78. The predicted octanol–water partition coefficient (Wildman–Crippen LogP) is 0.572. The van der Waals surface area contributed by atoms with E-state index in [1.807, 2.05) is 6.92 Å². The maximum Gasteiger partial charge on any atom is 0.237 e. The first-order valence-electron chi connectivity index (χ1n) is 8.74. The van der Waals surface area contributed by atoms with Gasteiger partial charge in [0.05, 0.1) is 31.8 Å². The topological polar surface area (TPSA) is 63.5 Å². The number of hydrogen-bond donors (Lipinski definition) is 0. The van der Waals surface area contributed by atoms with Crippen molar-refractivity contribution in [3.63, 3.8) is 0 Å². The molecule has 7 heteroatoms. The van der Waals surface area contributed by atoms with Crippen LogP contribution in [0.1, 0.15) is 37.3 Å². The molecule has 1 aromatic rings. The summed E-state index contributed by atoms with van der Waals surface area (Å²) in [4.78, 5) is 17.1. The van der Waals surface area contributed by atoms with E-state index in [1.54, 1.807) is 0 Å². The lowest BCUT2D eigenvalue weighted by atomic mass is 9.90. The molecular weight excluding hydrogens is 294 g/mol. The molecule has 1 aliphatic carbocycles. The molecule has 7 nitrogen and oxygen atoms in total. The van der Waals surface area contributed by atoms with Crippen LogP contribution in [0.4, 0.5) is 0 Å². The van der Waals surface area contributed by atoms with Crippen molar-refractivity contribution in [2.45, 2.75) is 57.8 Å². The fourth-order valence-corrected chi connectivity index (χ4v) is 4.18. The summed E-state index contributed by atoms with van der Waals surface area (Å²) in [6.45, 7) is 6.35. The zero-order valence-electron chi connectivity index (χ0n) is 13.8. The maximum absolute atomic E-state index is 12.8. The summed E-state index contributed by atoms with van der Waals surface area (Å²) >= 11 is 0. The van der Waals surface area contributed by atoms with Gasteiger partial charge in [0.25, 0.3) is 0 Å². The number of morpholine rings is 1. The Morgan fingerprint density at radius 1 is 1.22 bits per heavy atom. The van der Waals surface area contributed by atoms with Crippen LogP contribution < -0.4 is 0 Å². The molecule has 1 amide bonds. The molecule has 2 fully saturated rings. The molecule has 0 bridgehead atoms. The van der Waals surface area contributed by atoms with E-state index in [9.17, 15) is 4.79 Å². The molecule has 3 heterocycles.